The van der Waals surface area contributed by atoms with Crippen molar-refractivity contribution in [3.05, 3.63) is 65.1 Å². The van der Waals surface area contributed by atoms with Crippen LogP contribution in [0.2, 0.25) is 0 Å². The Morgan fingerprint density at radius 2 is 2.11 bits per heavy atom. The van der Waals surface area contributed by atoms with Gasteiger partial charge in [0.15, 0.2) is 0 Å². The van der Waals surface area contributed by atoms with Gasteiger partial charge in [0, 0.05) is 40.2 Å². The van der Waals surface area contributed by atoms with E-state index < -0.39 is 0 Å². The molecule has 0 bridgehead atoms. The average molecular weight is 376 g/mol. The summed E-state index contributed by atoms with van der Waals surface area (Å²) in [6.07, 6.45) is 5.68. The zero-order valence-electron chi connectivity index (χ0n) is 15.2. The fraction of sp³-hybridized carbons (Fsp3) is 0.190. The van der Waals surface area contributed by atoms with E-state index >= 15 is 0 Å². The van der Waals surface area contributed by atoms with Gasteiger partial charge in [-0.25, -0.2) is 4.98 Å². The maximum absolute atomic E-state index is 12.8. The van der Waals surface area contributed by atoms with Crippen LogP contribution in [0.4, 0.5) is 5.69 Å². The molecular formula is C21H20N4OS. The number of H-pyrrole nitrogens is 1. The van der Waals surface area contributed by atoms with Crippen molar-refractivity contribution in [2.75, 3.05) is 5.32 Å². The first-order chi connectivity index (χ1) is 13.1. The number of nitrogens with one attached hydrogen (secondary N) is 2. The molecule has 4 aromatic rings. The predicted molar refractivity (Wildman–Crippen MR) is 110 cm³/mol. The SMILES string of the molecule is CCCc1cc(-c2nc(C)c(C(=O)Nc3ccc4[nH]ccc4c3)s2)ccn1. The lowest BCUT2D eigenvalue weighted by Gasteiger charge is -2.04. The van der Waals surface area contributed by atoms with Gasteiger partial charge in [-0.3, -0.25) is 9.78 Å². The van der Waals surface area contributed by atoms with Crippen LogP contribution in [0.1, 0.15) is 34.4 Å². The number of anilines is 1. The van der Waals surface area contributed by atoms with Crippen LogP contribution in [0.5, 0.6) is 0 Å². The van der Waals surface area contributed by atoms with Crippen molar-refractivity contribution < 1.29 is 4.79 Å². The molecule has 0 aliphatic carbocycles. The standard InChI is InChI=1S/C21H20N4OS/c1-3-4-16-12-15(8-9-22-16)21-24-13(2)19(27-21)20(26)25-17-5-6-18-14(11-17)7-10-23-18/h5-12,23H,3-4H2,1-2H3,(H,25,26). The molecule has 27 heavy (non-hydrogen) atoms. The Morgan fingerprint density at radius 1 is 1.22 bits per heavy atom. The first-order valence-corrected chi connectivity index (χ1v) is 9.77. The van der Waals surface area contributed by atoms with E-state index in [9.17, 15) is 4.79 Å². The van der Waals surface area contributed by atoms with Crippen molar-refractivity contribution in [3.63, 3.8) is 0 Å². The zero-order chi connectivity index (χ0) is 18.8. The van der Waals surface area contributed by atoms with E-state index in [1.807, 2.05) is 49.6 Å². The molecule has 0 saturated heterocycles. The number of aromatic nitrogens is 3. The smallest absolute Gasteiger partial charge is 0.267 e. The van der Waals surface area contributed by atoms with E-state index in [4.69, 9.17) is 0 Å². The van der Waals surface area contributed by atoms with Crippen LogP contribution in [-0.4, -0.2) is 20.9 Å². The molecule has 5 nitrogen and oxygen atoms in total. The Kier molecular flexibility index (Phi) is 4.73. The number of thiazole rings is 1. The Balaban J connectivity index is 1.58. The van der Waals surface area contributed by atoms with Gasteiger partial charge in [-0.1, -0.05) is 13.3 Å². The molecule has 3 aromatic heterocycles. The van der Waals surface area contributed by atoms with E-state index in [1.165, 1.54) is 11.3 Å². The minimum Gasteiger partial charge on any atom is -0.361 e. The first-order valence-electron chi connectivity index (χ1n) is 8.95. The summed E-state index contributed by atoms with van der Waals surface area (Å²) >= 11 is 1.41. The monoisotopic (exact) mass is 376 g/mol. The van der Waals surface area contributed by atoms with Crippen LogP contribution in [-0.2, 0) is 6.42 Å². The van der Waals surface area contributed by atoms with E-state index in [0.717, 1.165) is 51.4 Å². The lowest BCUT2D eigenvalue weighted by molar-refractivity contribution is 0.103. The number of carbonyl (C=O) groups excluding carboxylic acids is 1. The van der Waals surface area contributed by atoms with Crippen molar-refractivity contribution in [1.29, 1.82) is 0 Å². The van der Waals surface area contributed by atoms with E-state index in [1.54, 1.807) is 0 Å². The number of amides is 1. The van der Waals surface area contributed by atoms with Crippen molar-refractivity contribution >= 4 is 33.8 Å². The molecule has 3 heterocycles. The van der Waals surface area contributed by atoms with Crippen molar-refractivity contribution in [2.24, 2.45) is 0 Å². The minimum atomic E-state index is -0.131. The third-order valence-corrected chi connectivity index (χ3v) is 5.59. The van der Waals surface area contributed by atoms with Crippen LogP contribution in [0.3, 0.4) is 0 Å². The summed E-state index contributed by atoms with van der Waals surface area (Å²) in [5, 5.41) is 4.89. The molecule has 0 saturated carbocycles. The van der Waals surface area contributed by atoms with Gasteiger partial charge in [0.25, 0.3) is 5.91 Å². The molecule has 0 aliphatic heterocycles. The second kappa shape index (κ2) is 7.32. The molecule has 0 atom stereocenters. The van der Waals surface area contributed by atoms with Crippen LogP contribution in [0, 0.1) is 6.92 Å². The van der Waals surface area contributed by atoms with Gasteiger partial charge in [-0.15, -0.1) is 11.3 Å². The number of hydrogen-bond donors (Lipinski definition) is 2. The number of aryl methyl sites for hydroxylation is 2. The Labute approximate surface area is 161 Å². The van der Waals surface area contributed by atoms with Gasteiger partial charge in [-0.05, 0) is 49.7 Å². The largest absolute Gasteiger partial charge is 0.361 e. The molecule has 1 aromatic carbocycles. The third-order valence-electron chi connectivity index (χ3n) is 4.38. The van der Waals surface area contributed by atoms with Gasteiger partial charge in [0.05, 0.1) is 5.69 Å². The molecule has 0 spiro atoms. The van der Waals surface area contributed by atoms with Gasteiger partial charge >= 0.3 is 0 Å². The molecule has 0 fully saturated rings. The van der Waals surface area contributed by atoms with E-state index in [-0.39, 0.29) is 5.91 Å². The van der Waals surface area contributed by atoms with E-state index in [0.29, 0.717) is 4.88 Å². The van der Waals surface area contributed by atoms with Crippen LogP contribution < -0.4 is 5.32 Å². The first kappa shape index (κ1) is 17.4. The number of nitrogens with zero attached hydrogens (tertiary/aromatic N) is 2. The molecular weight excluding hydrogens is 356 g/mol. The Hall–Kier alpha value is -2.99. The number of rotatable bonds is 5. The molecule has 6 heteroatoms. The maximum Gasteiger partial charge on any atom is 0.267 e. The normalized spacial score (nSPS) is 11.0. The van der Waals surface area contributed by atoms with Crippen LogP contribution in [0.25, 0.3) is 21.5 Å². The summed E-state index contributed by atoms with van der Waals surface area (Å²) in [7, 11) is 0. The molecule has 0 radical (unpaired) electrons. The number of carbonyl (C=O) groups is 1. The molecule has 136 valence electrons. The Bertz CT molecular complexity index is 1110. The summed E-state index contributed by atoms with van der Waals surface area (Å²) in [6.45, 7) is 4.01. The minimum absolute atomic E-state index is 0.131. The van der Waals surface area contributed by atoms with Gasteiger partial charge in [0.1, 0.15) is 9.88 Å². The average Bonchev–Trinajstić information content (AvgIpc) is 3.28. The van der Waals surface area contributed by atoms with Gasteiger partial charge < -0.3 is 10.3 Å². The molecule has 0 unspecified atom stereocenters. The highest BCUT2D eigenvalue weighted by molar-refractivity contribution is 7.17. The highest BCUT2D eigenvalue weighted by Gasteiger charge is 2.17. The fourth-order valence-corrected chi connectivity index (χ4v) is 4.01. The van der Waals surface area contributed by atoms with E-state index in [2.05, 4.69) is 33.3 Å². The highest BCUT2D eigenvalue weighted by Crippen LogP contribution is 2.29. The number of pyridine rings is 1. The summed E-state index contributed by atoms with van der Waals surface area (Å²) in [5.41, 5.74) is 4.62. The topological polar surface area (TPSA) is 70.7 Å². The van der Waals surface area contributed by atoms with Crippen molar-refractivity contribution in [3.8, 4) is 10.6 Å². The zero-order valence-corrected chi connectivity index (χ0v) is 16.1. The fourth-order valence-electron chi connectivity index (χ4n) is 3.05. The molecule has 0 aliphatic rings. The number of aromatic amines is 1. The molecule has 2 N–H and O–H groups in total. The van der Waals surface area contributed by atoms with Crippen molar-refractivity contribution in [1.82, 2.24) is 15.0 Å². The summed E-state index contributed by atoms with van der Waals surface area (Å²) in [5.74, 6) is -0.131. The molecule has 1 amide bonds. The lowest BCUT2D eigenvalue weighted by Crippen LogP contribution is -2.11. The molecule has 4 rings (SSSR count). The van der Waals surface area contributed by atoms with Crippen molar-refractivity contribution in [2.45, 2.75) is 26.7 Å². The second-order valence-corrected chi connectivity index (χ2v) is 7.45. The second-order valence-electron chi connectivity index (χ2n) is 6.45. The Morgan fingerprint density at radius 3 is 2.96 bits per heavy atom. The summed E-state index contributed by atoms with van der Waals surface area (Å²) in [4.78, 5) is 25.5. The van der Waals surface area contributed by atoms with Gasteiger partial charge in [-0.2, -0.15) is 0 Å². The number of benzene rings is 1. The number of hydrogen-bond acceptors (Lipinski definition) is 4. The predicted octanol–water partition coefficient (Wildman–Crippen LogP) is 5.20. The van der Waals surface area contributed by atoms with Crippen LogP contribution >= 0.6 is 11.3 Å². The number of fused-ring (bicyclic) bond motifs is 1. The maximum atomic E-state index is 12.8. The summed E-state index contributed by atoms with van der Waals surface area (Å²) in [6, 6.07) is 11.8. The quantitative estimate of drug-likeness (QED) is 0.503. The lowest BCUT2D eigenvalue weighted by atomic mass is 10.2. The van der Waals surface area contributed by atoms with Gasteiger partial charge in [0.2, 0.25) is 0 Å². The summed E-state index contributed by atoms with van der Waals surface area (Å²) < 4.78 is 0. The highest BCUT2D eigenvalue weighted by atomic mass is 32.1. The third kappa shape index (κ3) is 3.61. The van der Waals surface area contributed by atoms with Crippen LogP contribution in [0.15, 0.2) is 48.8 Å².